The van der Waals surface area contributed by atoms with Gasteiger partial charge in [-0.1, -0.05) is 92.8 Å². The van der Waals surface area contributed by atoms with E-state index < -0.39 is 8.07 Å². The van der Waals surface area contributed by atoms with Crippen molar-refractivity contribution < 1.29 is 33.7 Å². The molecular weight excluding hydrogens is 879 g/mol. The molecule has 1 aliphatic carbocycles. The van der Waals surface area contributed by atoms with Crippen LogP contribution >= 0.6 is 0 Å². The predicted molar refractivity (Wildman–Crippen MR) is 230 cm³/mol. The molecule has 3 heterocycles. The Balaban J connectivity index is 0.000000217. The normalized spacial score (nSPS) is 12.5. The first kappa shape index (κ1) is 40.5. The summed E-state index contributed by atoms with van der Waals surface area (Å²) in [4.78, 5) is 0. The monoisotopic (exact) mass is 930 g/mol. The van der Waals surface area contributed by atoms with Gasteiger partial charge >= 0.3 is 0 Å². The fourth-order valence-electron chi connectivity index (χ4n) is 8.04. The Morgan fingerprint density at radius 2 is 1.45 bits per heavy atom. The van der Waals surface area contributed by atoms with Crippen molar-refractivity contribution in [3.05, 3.63) is 164 Å². The van der Waals surface area contributed by atoms with E-state index in [0.29, 0.717) is 11.5 Å². The summed E-state index contributed by atoms with van der Waals surface area (Å²) in [6, 6.07) is 32.0. The Morgan fingerprint density at radius 1 is 0.732 bits per heavy atom. The Hall–Kier alpha value is -5.18. The van der Waals surface area contributed by atoms with Crippen LogP contribution in [0.3, 0.4) is 0 Å². The molecule has 0 fully saturated rings. The van der Waals surface area contributed by atoms with Crippen molar-refractivity contribution in [3.8, 4) is 39.7 Å². The van der Waals surface area contributed by atoms with Gasteiger partial charge in [-0.2, -0.15) is 30.2 Å². The Labute approximate surface area is 348 Å². The minimum atomic E-state index is -1.34. The standard InChI is InChI=1S/C33H32NO.C17H19N2Si.Ir/c1-20(2)28-18-31(34(5)19-22(28)4)29-17-30-27-14-13-24(16-33(27)35-32(30)15-21(29)3)26-12-8-10-23-9-6-7-11-25(23)26;1-13-10-14(11-18)6-8-16(13)17-9-7-15(12-19(17)2)20(3,4)5;/h8,10,12-20H,3,5-7,9,11H2,1-2,4H3;6-10,12H,1-2H2,3-5H3;/q2*-1;. The minimum Gasteiger partial charge on any atom is -0.469 e. The van der Waals surface area contributed by atoms with Crippen LogP contribution in [-0.2, 0) is 32.9 Å². The topological polar surface area (TPSA) is 44.7 Å². The van der Waals surface area contributed by atoms with E-state index in [1.165, 1.54) is 57.8 Å². The Kier molecular flexibility index (Phi) is 11.7. The molecule has 0 N–H and O–H groups in total. The van der Waals surface area contributed by atoms with E-state index in [2.05, 4.69) is 154 Å². The number of rotatable bonds is 5. The molecule has 1 aliphatic rings. The molecule has 8 rings (SSSR count). The van der Waals surface area contributed by atoms with E-state index >= 15 is 0 Å². The van der Waals surface area contributed by atoms with Crippen LogP contribution in [-0.4, -0.2) is 8.07 Å². The molecular formula is C50H51IrN3OSi-2. The van der Waals surface area contributed by atoms with Crippen LogP contribution in [0.4, 0.5) is 0 Å². The second-order valence-electron chi connectivity index (χ2n) is 16.4. The smallest absolute Gasteiger partial charge is 0.134 e. The summed E-state index contributed by atoms with van der Waals surface area (Å²) in [5.41, 5.74) is 16.6. The summed E-state index contributed by atoms with van der Waals surface area (Å²) in [5.74, 6) is 0.448. The molecule has 1 radical (unpaired) electrons. The van der Waals surface area contributed by atoms with Crippen molar-refractivity contribution in [3.63, 3.8) is 0 Å². The van der Waals surface area contributed by atoms with E-state index in [9.17, 15) is 0 Å². The van der Waals surface area contributed by atoms with Crippen LogP contribution in [0.2, 0.25) is 19.6 Å². The number of nitriles is 1. The summed E-state index contributed by atoms with van der Waals surface area (Å²) in [6.45, 7) is 22.0. The number of nitrogens with zero attached hydrogens (tertiary/aromatic N) is 3. The summed E-state index contributed by atoms with van der Waals surface area (Å²) in [5, 5.41) is 12.5. The van der Waals surface area contributed by atoms with Crippen LogP contribution in [0.1, 0.15) is 71.6 Å². The van der Waals surface area contributed by atoms with Crippen LogP contribution in [0, 0.1) is 46.2 Å². The van der Waals surface area contributed by atoms with Crippen molar-refractivity contribution in [1.82, 2.24) is 0 Å². The molecule has 4 nitrogen and oxygen atoms in total. The van der Waals surface area contributed by atoms with E-state index in [-0.39, 0.29) is 20.1 Å². The molecule has 4 aromatic carbocycles. The number of benzene rings is 4. The van der Waals surface area contributed by atoms with Gasteiger partial charge in [0.15, 0.2) is 0 Å². The maximum absolute atomic E-state index is 8.91. The SMILES string of the molecule is [CH2-]c1cc(C#N)ccc1-c1ccc([Si](C)(C)C)c[n+]1[CH2-].[CH2-]c1cc2oc3cc(-c4cccc5c4CCCC5)ccc3c2cc1-c1cc(C(C)C)c(C)c[n+]1[CH2-].[Ir]. The van der Waals surface area contributed by atoms with Gasteiger partial charge in [0, 0.05) is 45.0 Å². The van der Waals surface area contributed by atoms with Crippen molar-refractivity contribution in [2.45, 2.75) is 72.0 Å². The molecule has 3 aromatic heterocycles. The van der Waals surface area contributed by atoms with Crippen molar-refractivity contribution >= 4 is 35.2 Å². The van der Waals surface area contributed by atoms with Gasteiger partial charge in [0.2, 0.25) is 0 Å². The number of hydrogen-bond acceptors (Lipinski definition) is 2. The van der Waals surface area contributed by atoms with Crippen molar-refractivity contribution in [2.24, 2.45) is 0 Å². The van der Waals surface area contributed by atoms with Gasteiger partial charge in [0.05, 0.1) is 43.5 Å². The maximum atomic E-state index is 8.91. The van der Waals surface area contributed by atoms with Gasteiger partial charge in [-0.3, -0.25) is 0 Å². The van der Waals surface area contributed by atoms with E-state index in [4.69, 9.17) is 9.68 Å². The molecule has 287 valence electrons. The summed E-state index contributed by atoms with van der Waals surface area (Å²) in [6.07, 6.45) is 9.15. The summed E-state index contributed by atoms with van der Waals surface area (Å²) < 4.78 is 10.3. The molecule has 0 spiro atoms. The number of furan rings is 1. The van der Waals surface area contributed by atoms with Gasteiger partial charge in [-0.25, -0.2) is 0 Å². The summed E-state index contributed by atoms with van der Waals surface area (Å²) in [7, 11) is 7.04. The number of aryl methyl sites for hydroxylation is 2. The average Bonchev–Trinajstić information content (AvgIpc) is 3.50. The fourth-order valence-corrected chi connectivity index (χ4v) is 9.17. The number of fused-ring (bicyclic) bond motifs is 4. The predicted octanol–water partition coefficient (Wildman–Crippen LogP) is 11.2. The van der Waals surface area contributed by atoms with Gasteiger partial charge < -0.3 is 13.6 Å². The number of hydrogen-bond donors (Lipinski definition) is 0. The molecule has 7 aromatic rings. The summed E-state index contributed by atoms with van der Waals surface area (Å²) >= 11 is 0. The number of aromatic nitrogens is 2. The van der Waals surface area contributed by atoms with Crippen LogP contribution in [0.25, 0.3) is 55.6 Å². The van der Waals surface area contributed by atoms with Gasteiger partial charge in [-0.05, 0) is 84.0 Å². The largest absolute Gasteiger partial charge is 0.469 e. The molecule has 0 atom stereocenters. The first-order valence-corrected chi connectivity index (χ1v) is 22.8. The van der Waals surface area contributed by atoms with Gasteiger partial charge in [-0.15, -0.1) is 35.4 Å². The molecule has 0 saturated heterocycles. The zero-order valence-electron chi connectivity index (χ0n) is 33.6. The molecule has 0 aliphatic heterocycles. The fraction of sp³-hybridized carbons (Fsp3) is 0.220. The molecule has 0 saturated carbocycles. The zero-order chi connectivity index (χ0) is 39.2. The first-order valence-electron chi connectivity index (χ1n) is 19.3. The van der Waals surface area contributed by atoms with Crippen molar-refractivity contribution in [2.75, 3.05) is 0 Å². The third kappa shape index (κ3) is 7.91. The first-order chi connectivity index (χ1) is 26.2. The van der Waals surface area contributed by atoms with Gasteiger partial charge in [0.1, 0.15) is 5.58 Å². The molecule has 0 bridgehead atoms. The van der Waals surface area contributed by atoms with Crippen LogP contribution < -0.4 is 14.3 Å². The van der Waals surface area contributed by atoms with Crippen LogP contribution in [0.5, 0.6) is 0 Å². The van der Waals surface area contributed by atoms with Gasteiger partial charge in [0.25, 0.3) is 0 Å². The van der Waals surface area contributed by atoms with E-state index in [0.717, 1.165) is 62.0 Å². The molecule has 56 heavy (non-hydrogen) atoms. The van der Waals surface area contributed by atoms with Crippen LogP contribution in [0.15, 0.2) is 102 Å². The molecule has 6 heteroatoms. The number of pyridine rings is 2. The maximum Gasteiger partial charge on any atom is 0.134 e. The average molecular weight is 930 g/mol. The Morgan fingerprint density at radius 3 is 2.14 bits per heavy atom. The molecule has 0 amide bonds. The third-order valence-electron chi connectivity index (χ3n) is 11.1. The quantitative estimate of drug-likeness (QED) is 0.0981. The minimum absolute atomic E-state index is 0. The van der Waals surface area contributed by atoms with Crippen molar-refractivity contribution in [1.29, 1.82) is 5.26 Å². The third-order valence-corrected chi connectivity index (χ3v) is 13.1. The molecule has 0 unspecified atom stereocenters. The second kappa shape index (κ2) is 16.1. The van der Waals surface area contributed by atoms with E-state index in [1.807, 2.05) is 27.3 Å². The second-order valence-corrected chi connectivity index (χ2v) is 21.5. The Bertz CT molecular complexity index is 2640. The van der Waals surface area contributed by atoms with E-state index in [1.54, 1.807) is 0 Å². The zero-order valence-corrected chi connectivity index (χ0v) is 37.0.